The van der Waals surface area contributed by atoms with Crippen LogP contribution in [-0.2, 0) is 25.7 Å². The number of carbonyl (C=O) groups is 1. The molecule has 1 aromatic rings. The maximum atomic E-state index is 12.2. The van der Waals surface area contributed by atoms with Gasteiger partial charge in [-0.25, -0.2) is 0 Å². The molecule has 3 rings (SSSR count). The largest absolute Gasteiger partial charge is 0.385 e. The Morgan fingerprint density at radius 2 is 2.00 bits per heavy atom. The first-order chi connectivity index (χ1) is 11.0. The second-order valence-electron chi connectivity index (χ2n) is 6.61. The SMILES string of the molecule is CCCCCCC(C)(O)c1ccc2c(c1)C1(OCCO1)C(=O)N2. The molecule has 0 aromatic heterocycles. The Morgan fingerprint density at radius 1 is 1.26 bits per heavy atom. The molecule has 5 heteroatoms. The Balaban J connectivity index is 1.83. The summed E-state index contributed by atoms with van der Waals surface area (Å²) in [6.45, 7) is 4.78. The summed E-state index contributed by atoms with van der Waals surface area (Å²) >= 11 is 0. The van der Waals surface area contributed by atoms with E-state index in [0.29, 0.717) is 30.9 Å². The van der Waals surface area contributed by atoms with E-state index in [1.807, 2.05) is 25.1 Å². The molecular formula is C18H25NO4. The van der Waals surface area contributed by atoms with E-state index in [1.54, 1.807) is 0 Å². The first kappa shape index (κ1) is 16.4. The number of rotatable bonds is 6. The van der Waals surface area contributed by atoms with Crippen molar-refractivity contribution in [1.82, 2.24) is 0 Å². The summed E-state index contributed by atoms with van der Waals surface area (Å²) in [5.41, 5.74) is 1.24. The molecule has 5 nitrogen and oxygen atoms in total. The van der Waals surface area contributed by atoms with Crippen LogP contribution in [0.25, 0.3) is 0 Å². The summed E-state index contributed by atoms with van der Waals surface area (Å²) in [4.78, 5) is 12.2. The summed E-state index contributed by atoms with van der Waals surface area (Å²) in [6.07, 6.45) is 5.15. The number of ether oxygens (including phenoxy) is 2. The monoisotopic (exact) mass is 319 g/mol. The number of nitrogens with one attached hydrogen (secondary N) is 1. The number of fused-ring (bicyclic) bond motifs is 2. The summed E-state index contributed by atoms with van der Waals surface area (Å²) in [5.74, 6) is -1.62. The smallest absolute Gasteiger partial charge is 0.289 e. The van der Waals surface area contributed by atoms with Crippen molar-refractivity contribution in [3.8, 4) is 0 Å². The zero-order valence-electron chi connectivity index (χ0n) is 13.9. The number of benzene rings is 1. The summed E-state index contributed by atoms with van der Waals surface area (Å²) < 4.78 is 11.2. The van der Waals surface area contributed by atoms with Crippen molar-refractivity contribution in [3.63, 3.8) is 0 Å². The summed E-state index contributed by atoms with van der Waals surface area (Å²) in [7, 11) is 0. The fourth-order valence-electron chi connectivity index (χ4n) is 3.33. The number of hydrogen-bond acceptors (Lipinski definition) is 4. The molecule has 0 aliphatic carbocycles. The Kier molecular flexibility index (Phi) is 4.45. The average Bonchev–Trinajstić information content (AvgIpc) is 3.12. The van der Waals surface area contributed by atoms with Crippen LogP contribution in [0.1, 0.15) is 57.1 Å². The molecule has 0 saturated carbocycles. The molecule has 1 spiro atoms. The average molecular weight is 319 g/mol. The molecule has 1 unspecified atom stereocenters. The molecule has 0 bridgehead atoms. The van der Waals surface area contributed by atoms with Gasteiger partial charge in [-0.2, -0.15) is 0 Å². The first-order valence-electron chi connectivity index (χ1n) is 8.46. The highest BCUT2D eigenvalue weighted by Gasteiger charge is 2.52. The van der Waals surface area contributed by atoms with Crippen LogP contribution in [0.5, 0.6) is 0 Å². The van der Waals surface area contributed by atoms with Gasteiger partial charge in [0.1, 0.15) is 0 Å². The number of aliphatic hydroxyl groups is 1. The van der Waals surface area contributed by atoms with E-state index in [9.17, 15) is 9.90 Å². The van der Waals surface area contributed by atoms with Crippen molar-refractivity contribution in [2.75, 3.05) is 18.5 Å². The van der Waals surface area contributed by atoms with E-state index in [-0.39, 0.29) is 5.91 Å². The molecule has 1 saturated heterocycles. The number of hydrogen-bond donors (Lipinski definition) is 2. The lowest BCUT2D eigenvalue weighted by molar-refractivity contribution is -0.178. The van der Waals surface area contributed by atoms with Gasteiger partial charge in [0.2, 0.25) is 0 Å². The van der Waals surface area contributed by atoms with Crippen LogP contribution in [0.4, 0.5) is 5.69 Å². The van der Waals surface area contributed by atoms with Crippen molar-refractivity contribution in [1.29, 1.82) is 0 Å². The van der Waals surface area contributed by atoms with Crippen molar-refractivity contribution < 1.29 is 19.4 Å². The van der Waals surface area contributed by atoms with Crippen molar-refractivity contribution in [3.05, 3.63) is 29.3 Å². The Morgan fingerprint density at radius 3 is 2.70 bits per heavy atom. The maximum absolute atomic E-state index is 12.2. The molecule has 2 aliphatic rings. The molecule has 1 amide bonds. The van der Waals surface area contributed by atoms with E-state index in [2.05, 4.69) is 12.2 Å². The van der Waals surface area contributed by atoms with Gasteiger partial charge < -0.3 is 19.9 Å². The molecule has 2 aliphatic heterocycles. The van der Waals surface area contributed by atoms with Gasteiger partial charge in [-0.1, -0.05) is 38.7 Å². The van der Waals surface area contributed by atoms with Crippen LogP contribution < -0.4 is 5.32 Å². The van der Waals surface area contributed by atoms with Gasteiger partial charge in [-0.05, 0) is 31.0 Å². The molecule has 1 atom stereocenters. The van der Waals surface area contributed by atoms with Crippen LogP contribution in [0.2, 0.25) is 0 Å². The van der Waals surface area contributed by atoms with E-state index in [4.69, 9.17) is 9.47 Å². The molecule has 126 valence electrons. The standard InChI is InChI=1S/C18H25NO4/c1-3-4-5-6-9-17(2,21)13-7-8-15-14(12-13)18(16(20)19-15)22-10-11-23-18/h7-8,12,21H,3-6,9-11H2,1-2H3,(H,19,20). The fourth-order valence-corrected chi connectivity index (χ4v) is 3.33. The van der Waals surface area contributed by atoms with Crippen LogP contribution in [0, 0.1) is 0 Å². The summed E-state index contributed by atoms with van der Waals surface area (Å²) in [5, 5.41) is 13.6. The van der Waals surface area contributed by atoms with Gasteiger partial charge in [0.05, 0.1) is 24.5 Å². The predicted molar refractivity (Wildman–Crippen MR) is 87.0 cm³/mol. The Hall–Kier alpha value is -1.43. The summed E-state index contributed by atoms with van der Waals surface area (Å²) in [6, 6.07) is 5.54. The third-order valence-corrected chi connectivity index (χ3v) is 4.75. The minimum atomic E-state index is -1.33. The fraction of sp³-hybridized carbons (Fsp3) is 0.611. The zero-order chi connectivity index (χ0) is 16.5. The van der Waals surface area contributed by atoms with Gasteiger partial charge >= 0.3 is 0 Å². The number of amides is 1. The zero-order valence-corrected chi connectivity index (χ0v) is 13.9. The van der Waals surface area contributed by atoms with Gasteiger partial charge in [-0.3, -0.25) is 4.79 Å². The molecule has 0 radical (unpaired) electrons. The number of anilines is 1. The number of carbonyl (C=O) groups excluding carboxylic acids is 1. The van der Waals surface area contributed by atoms with E-state index < -0.39 is 11.4 Å². The predicted octanol–water partition coefficient (Wildman–Crippen LogP) is 3.02. The van der Waals surface area contributed by atoms with Crippen LogP contribution in [0.3, 0.4) is 0 Å². The maximum Gasteiger partial charge on any atom is 0.289 e. The molecule has 1 aromatic carbocycles. The lowest BCUT2D eigenvalue weighted by atomic mass is 9.88. The number of unbranched alkanes of at least 4 members (excludes halogenated alkanes) is 3. The molecular weight excluding hydrogens is 294 g/mol. The second kappa shape index (κ2) is 6.23. The molecule has 2 N–H and O–H groups in total. The van der Waals surface area contributed by atoms with Crippen LogP contribution in [-0.4, -0.2) is 24.2 Å². The molecule has 2 heterocycles. The van der Waals surface area contributed by atoms with Crippen LogP contribution >= 0.6 is 0 Å². The van der Waals surface area contributed by atoms with E-state index in [0.717, 1.165) is 18.4 Å². The topological polar surface area (TPSA) is 67.8 Å². The van der Waals surface area contributed by atoms with Crippen molar-refractivity contribution in [2.24, 2.45) is 0 Å². The molecule has 23 heavy (non-hydrogen) atoms. The van der Waals surface area contributed by atoms with Crippen LogP contribution in [0.15, 0.2) is 18.2 Å². The minimum absolute atomic E-state index is 0.287. The third kappa shape index (κ3) is 2.89. The second-order valence-corrected chi connectivity index (χ2v) is 6.61. The lowest BCUT2D eigenvalue weighted by Gasteiger charge is -2.26. The Bertz CT molecular complexity index is 591. The normalized spacial score (nSPS) is 21.3. The van der Waals surface area contributed by atoms with Gasteiger partial charge in [0.25, 0.3) is 11.7 Å². The highest BCUT2D eigenvalue weighted by atomic mass is 16.7. The minimum Gasteiger partial charge on any atom is -0.385 e. The van der Waals surface area contributed by atoms with E-state index in [1.165, 1.54) is 12.8 Å². The van der Waals surface area contributed by atoms with Crippen molar-refractivity contribution in [2.45, 2.75) is 57.3 Å². The third-order valence-electron chi connectivity index (χ3n) is 4.75. The van der Waals surface area contributed by atoms with Gasteiger partial charge in [0, 0.05) is 5.56 Å². The highest BCUT2D eigenvalue weighted by molar-refractivity contribution is 6.04. The molecule has 1 fully saturated rings. The van der Waals surface area contributed by atoms with Crippen molar-refractivity contribution >= 4 is 11.6 Å². The quantitative estimate of drug-likeness (QED) is 0.791. The van der Waals surface area contributed by atoms with Gasteiger partial charge in [-0.15, -0.1) is 0 Å². The van der Waals surface area contributed by atoms with Gasteiger partial charge in [0.15, 0.2) is 0 Å². The van der Waals surface area contributed by atoms with E-state index >= 15 is 0 Å². The lowest BCUT2D eigenvalue weighted by Crippen LogP contribution is -2.35. The highest BCUT2D eigenvalue weighted by Crippen LogP contribution is 2.44. The first-order valence-corrected chi connectivity index (χ1v) is 8.46. The Labute approximate surface area is 137 Å².